The Kier molecular flexibility index (Phi) is 4.78. The standard InChI is InChI=1S/C44H25NS/c1-2-14-30-29(13-1)32-20-10-19-31-28(23-24-34(30)40(31)32)26-11-9-12-27(25-26)45-38-21-7-5-17-36(38)41-33-15-3-4-16-35(33)44-42(43(41)45)37-18-6-8-22-39(37)46-44/h1-25H. The van der Waals surface area contributed by atoms with Gasteiger partial charge in [0.1, 0.15) is 0 Å². The van der Waals surface area contributed by atoms with Crippen LogP contribution in [0.15, 0.2) is 152 Å². The third-order valence-electron chi connectivity index (χ3n) is 10.1. The molecule has 0 radical (unpaired) electrons. The number of thiophene rings is 1. The number of fused-ring (bicyclic) bond motifs is 13. The van der Waals surface area contributed by atoms with Crippen LogP contribution >= 0.6 is 11.3 Å². The number of rotatable bonds is 2. The highest BCUT2D eigenvalue weighted by Gasteiger charge is 2.24. The Morgan fingerprint density at radius 2 is 1.02 bits per heavy atom. The van der Waals surface area contributed by atoms with Crippen molar-refractivity contribution in [1.29, 1.82) is 0 Å². The molecule has 212 valence electrons. The largest absolute Gasteiger partial charge is 0.309 e. The normalized spacial score (nSPS) is 12.3. The van der Waals surface area contributed by atoms with Crippen molar-refractivity contribution in [3.63, 3.8) is 0 Å². The maximum absolute atomic E-state index is 2.53. The van der Waals surface area contributed by atoms with Gasteiger partial charge in [0.05, 0.1) is 11.0 Å². The van der Waals surface area contributed by atoms with E-state index in [0.717, 1.165) is 0 Å². The van der Waals surface area contributed by atoms with Gasteiger partial charge in [0.25, 0.3) is 0 Å². The maximum atomic E-state index is 2.53. The summed E-state index contributed by atoms with van der Waals surface area (Å²) >= 11 is 1.91. The Morgan fingerprint density at radius 1 is 0.391 bits per heavy atom. The van der Waals surface area contributed by atoms with Crippen LogP contribution in [0.5, 0.6) is 0 Å². The van der Waals surface area contributed by atoms with Crippen LogP contribution in [0, 0.1) is 0 Å². The first-order valence-corrected chi connectivity index (χ1v) is 16.7. The molecule has 46 heavy (non-hydrogen) atoms. The molecule has 1 nitrogen and oxygen atoms in total. The number of benzene rings is 8. The van der Waals surface area contributed by atoms with Crippen LogP contribution in [0.4, 0.5) is 0 Å². The number of para-hydroxylation sites is 1. The van der Waals surface area contributed by atoms with Crippen LogP contribution in [-0.4, -0.2) is 4.57 Å². The van der Waals surface area contributed by atoms with E-state index in [1.807, 2.05) is 11.3 Å². The SMILES string of the molecule is c1cc(-c2ccc3c4c(cccc24)-c2ccccc2-3)cc(-n2c3ccccc3c3c4ccccc4c4sc5ccccc5c4c32)c1. The molecule has 8 aromatic carbocycles. The minimum Gasteiger partial charge on any atom is -0.309 e. The Labute approximate surface area is 269 Å². The predicted octanol–water partition coefficient (Wildman–Crippen LogP) is 12.8. The van der Waals surface area contributed by atoms with Crippen molar-refractivity contribution >= 4 is 74.9 Å². The van der Waals surface area contributed by atoms with Crippen molar-refractivity contribution in [2.75, 3.05) is 0 Å². The van der Waals surface area contributed by atoms with E-state index in [2.05, 4.69) is 156 Å². The third kappa shape index (κ3) is 3.09. The summed E-state index contributed by atoms with van der Waals surface area (Å²) in [4.78, 5) is 0. The van der Waals surface area contributed by atoms with Crippen molar-refractivity contribution in [1.82, 2.24) is 4.57 Å². The fourth-order valence-electron chi connectivity index (χ4n) is 8.26. The van der Waals surface area contributed by atoms with E-state index < -0.39 is 0 Å². The molecule has 0 bridgehead atoms. The van der Waals surface area contributed by atoms with Gasteiger partial charge in [-0.05, 0) is 73.8 Å². The molecule has 0 saturated heterocycles. The van der Waals surface area contributed by atoms with Gasteiger partial charge < -0.3 is 4.57 Å². The van der Waals surface area contributed by atoms with Crippen molar-refractivity contribution in [2.45, 2.75) is 0 Å². The summed E-state index contributed by atoms with van der Waals surface area (Å²) in [5.41, 5.74) is 11.5. The first-order chi connectivity index (χ1) is 22.8. The summed E-state index contributed by atoms with van der Waals surface area (Å²) in [6, 6.07) is 56.2. The van der Waals surface area contributed by atoms with Gasteiger partial charge in [-0.25, -0.2) is 0 Å². The second kappa shape index (κ2) is 8.94. The Morgan fingerprint density at radius 3 is 1.89 bits per heavy atom. The molecule has 1 aliphatic carbocycles. The molecule has 0 aliphatic heterocycles. The lowest BCUT2D eigenvalue weighted by molar-refractivity contribution is 1.19. The van der Waals surface area contributed by atoms with Crippen molar-refractivity contribution < 1.29 is 0 Å². The fraction of sp³-hybridized carbons (Fsp3) is 0. The lowest BCUT2D eigenvalue weighted by atomic mass is 9.94. The Balaban J connectivity index is 1.25. The van der Waals surface area contributed by atoms with Crippen LogP contribution in [0.3, 0.4) is 0 Å². The highest BCUT2D eigenvalue weighted by molar-refractivity contribution is 7.27. The lowest BCUT2D eigenvalue weighted by Crippen LogP contribution is -1.95. The van der Waals surface area contributed by atoms with Crippen molar-refractivity contribution in [3.05, 3.63) is 152 Å². The minimum atomic E-state index is 1.18. The number of hydrogen-bond acceptors (Lipinski definition) is 1. The predicted molar refractivity (Wildman–Crippen MR) is 199 cm³/mol. The molecule has 0 amide bonds. The van der Waals surface area contributed by atoms with Crippen molar-refractivity contribution in [3.8, 4) is 39.1 Å². The third-order valence-corrected chi connectivity index (χ3v) is 11.3. The van der Waals surface area contributed by atoms with Crippen LogP contribution in [0.1, 0.15) is 0 Å². The van der Waals surface area contributed by atoms with Gasteiger partial charge in [-0.1, -0.05) is 127 Å². The molecule has 1 aliphatic rings. The van der Waals surface area contributed by atoms with E-state index in [-0.39, 0.29) is 0 Å². The van der Waals surface area contributed by atoms with E-state index in [1.165, 1.54) is 103 Å². The first-order valence-electron chi connectivity index (χ1n) is 15.9. The number of hydrogen-bond donors (Lipinski definition) is 0. The van der Waals surface area contributed by atoms with E-state index in [0.29, 0.717) is 0 Å². The zero-order valence-electron chi connectivity index (χ0n) is 24.8. The van der Waals surface area contributed by atoms with E-state index >= 15 is 0 Å². The van der Waals surface area contributed by atoms with Crippen LogP contribution in [0.2, 0.25) is 0 Å². The van der Waals surface area contributed by atoms with E-state index in [9.17, 15) is 0 Å². The summed E-state index contributed by atoms with van der Waals surface area (Å²) in [5, 5.41) is 10.6. The van der Waals surface area contributed by atoms with Gasteiger partial charge in [0.15, 0.2) is 0 Å². The topological polar surface area (TPSA) is 4.93 Å². The quantitative estimate of drug-likeness (QED) is 0.186. The monoisotopic (exact) mass is 599 g/mol. The zero-order chi connectivity index (χ0) is 29.9. The number of aromatic nitrogens is 1. The molecule has 11 rings (SSSR count). The molecule has 0 atom stereocenters. The Hall–Kier alpha value is -5.70. The summed E-state index contributed by atoms with van der Waals surface area (Å²) in [6.45, 7) is 0. The van der Waals surface area contributed by atoms with Gasteiger partial charge in [-0.3, -0.25) is 0 Å². The zero-order valence-corrected chi connectivity index (χ0v) is 25.6. The highest BCUT2D eigenvalue weighted by Crippen LogP contribution is 2.50. The van der Waals surface area contributed by atoms with Crippen LogP contribution in [-0.2, 0) is 0 Å². The lowest BCUT2D eigenvalue weighted by Gasteiger charge is -2.14. The van der Waals surface area contributed by atoms with E-state index in [4.69, 9.17) is 0 Å². The Bertz CT molecular complexity index is 2890. The molecular formula is C44H25NS. The van der Waals surface area contributed by atoms with Gasteiger partial charge in [0, 0.05) is 42.0 Å². The maximum Gasteiger partial charge on any atom is 0.0640 e. The molecule has 2 aromatic heterocycles. The van der Waals surface area contributed by atoms with E-state index in [1.54, 1.807) is 0 Å². The molecule has 0 spiro atoms. The second-order valence-corrected chi connectivity index (χ2v) is 13.5. The van der Waals surface area contributed by atoms with Gasteiger partial charge in [0.2, 0.25) is 0 Å². The molecule has 0 saturated carbocycles. The van der Waals surface area contributed by atoms with Gasteiger partial charge >= 0.3 is 0 Å². The average Bonchev–Trinajstić information content (AvgIpc) is 3.78. The summed E-state index contributed by atoms with van der Waals surface area (Å²) in [6.07, 6.45) is 0. The van der Waals surface area contributed by atoms with Crippen LogP contribution in [0.25, 0.3) is 103 Å². The summed E-state index contributed by atoms with van der Waals surface area (Å²) in [7, 11) is 0. The fourth-order valence-corrected chi connectivity index (χ4v) is 9.50. The first kappa shape index (κ1) is 24.6. The second-order valence-electron chi connectivity index (χ2n) is 12.4. The molecule has 2 heterocycles. The molecular weight excluding hydrogens is 575 g/mol. The van der Waals surface area contributed by atoms with Crippen molar-refractivity contribution in [2.24, 2.45) is 0 Å². The highest BCUT2D eigenvalue weighted by atomic mass is 32.1. The summed E-state index contributed by atoms with van der Waals surface area (Å²) in [5.74, 6) is 0. The average molecular weight is 600 g/mol. The smallest absolute Gasteiger partial charge is 0.0640 e. The molecule has 10 aromatic rings. The number of nitrogens with zero attached hydrogens (tertiary/aromatic N) is 1. The minimum absolute atomic E-state index is 1.18. The van der Waals surface area contributed by atoms with Gasteiger partial charge in [-0.2, -0.15) is 0 Å². The summed E-state index contributed by atoms with van der Waals surface area (Å²) < 4.78 is 5.21. The van der Waals surface area contributed by atoms with Crippen LogP contribution < -0.4 is 0 Å². The molecule has 0 N–H and O–H groups in total. The molecule has 2 heteroatoms. The molecule has 0 fully saturated rings. The van der Waals surface area contributed by atoms with Gasteiger partial charge in [-0.15, -0.1) is 11.3 Å². The molecule has 0 unspecified atom stereocenters.